The number of quaternary nitrogens is 1. The second-order valence-corrected chi connectivity index (χ2v) is 11.8. The Morgan fingerprint density at radius 2 is 1.67 bits per heavy atom. The first-order chi connectivity index (χ1) is 20.3. The highest BCUT2D eigenvalue weighted by molar-refractivity contribution is 7.16. The second kappa shape index (κ2) is 12.1. The van der Waals surface area contributed by atoms with Crippen LogP contribution >= 0.6 is 11.3 Å². The molecular weight excluding hydrogens is 544 g/mol. The third kappa shape index (κ3) is 5.73. The second-order valence-electron chi connectivity index (χ2n) is 10.8. The third-order valence-electron chi connectivity index (χ3n) is 7.77. The summed E-state index contributed by atoms with van der Waals surface area (Å²) in [5, 5.41) is 9.42. The molecule has 0 amide bonds. The van der Waals surface area contributed by atoms with Gasteiger partial charge in [0.25, 0.3) is 0 Å². The van der Waals surface area contributed by atoms with E-state index in [4.69, 9.17) is 18.1 Å². The molecule has 3 aromatic rings. The van der Waals surface area contributed by atoms with Crippen LogP contribution < -0.4 is 9.80 Å². The smallest absolute Gasteiger partial charge is 0.372 e. The molecule has 42 heavy (non-hydrogen) atoms. The fourth-order valence-electron chi connectivity index (χ4n) is 5.26. The van der Waals surface area contributed by atoms with Crippen molar-refractivity contribution in [2.45, 2.75) is 13.8 Å². The van der Waals surface area contributed by atoms with Crippen LogP contribution in [-0.2, 0) is 0 Å². The Labute approximate surface area is 251 Å². The van der Waals surface area contributed by atoms with Crippen molar-refractivity contribution < 1.29 is 9.28 Å². The Balaban J connectivity index is 1.55. The van der Waals surface area contributed by atoms with Crippen molar-refractivity contribution >= 4 is 51.1 Å². The van der Waals surface area contributed by atoms with Crippen LogP contribution in [0.2, 0.25) is 0 Å². The Bertz CT molecular complexity index is 1650. The van der Waals surface area contributed by atoms with Gasteiger partial charge in [-0.2, -0.15) is 14.7 Å². The van der Waals surface area contributed by atoms with Gasteiger partial charge in [-0.1, -0.05) is 35.6 Å². The molecule has 0 spiro atoms. The number of carbonyl (C=O) groups excluding carboxylic acids is 1. The number of likely N-dealkylation sites (N-methyl/N-ethyl adjacent to an activating group) is 1. The van der Waals surface area contributed by atoms with Gasteiger partial charge < -0.3 is 14.3 Å². The monoisotopic (exact) mass is 577 g/mol. The quantitative estimate of drug-likeness (QED) is 0.130. The minimum Gasteiger partial charge on any atom is -0.372 e. The Hall–Kier alpha value is -4.64. The van der Waals surface area contributed by atoms with Gasteiger partial charge >= 0.3 is 5.82 Å². The normalized spacial score (nSPS) is 16.9. The molecule has 1 aliphatic heterocycles. The molecule has 5 rings (SSSR count). The van der Waals surface area contributed by atoms with Gasteiger partial charge in [0.05, 0.1) is 56.4 Å². The lowest BCUT2D eigenvalue weighted by Crippen LogP contribution is -2.55. The van der Waals surface area contributed by atoms with Gasteiger partial charge in [0.15, 0.2) is 5.78 Å². The van der Waals surface area contributed by atoms with Gasteiger partial charge in [0.2, 0.25) is 5.13 Å². The van der Waals surface area contributed by atoms with Crippen LogP contribution in [0.3, 0.4) is 0 Å². The summed E-state index contributed by atoms with van der Waals surface area (Å²) < 4.78 is 0.924. The van der Waals surface area contributed by atoms with Crippen molar-refractivity contribution in [3.05, 3.63) is 98.8 Å². The number of piperazine rings is 1. The minimum absolute atomic E-state index is 0.115. The first kappa shape index (κ1) is 28.9. The molecule has 212 valence electrons. The molecule has 0 N–H and O–H groups in total. The molecule has 2 aromatic carbocycles. The number of allylic oxidation sites excluding steroid dienone is 2. The molecule has 1 aliphatic carbocycles. The largest absolute Gasteiger partial charge is 0.528 e. The number of Topliss-reactive ketones (excluding diaryl/α,β-unsaturated/α-hetero) is 1. The van der Waals surface area contributed by atoms with E-state index in [1.54, 1.807) is 24.3 Å². The van der Waals surface area contributed by atoms with Crippen LogP contribution in [0.25, 0.3) is 21.3 Å². The molecule has 1 fully saturated rings. The molecule has 9 nitrogen and oxygen atoms in total. The number of rotatable bonds is 7. The maximum atomic E-state index is 13.6. The van der Waals surface area contributed by atoms with Gasteiger partial charge in [-0.25, -0.2) is 0 Å². The summed E-state index contributed by atoms with van der Waals surface area (Å²) in [7, 11) is 4.43. The number of hydrogen-bond donors (Lipinski definition) is 0. The summed E-state index contributed by atoms with van der Waals surface area (Å²) in [6, 6.07) is 15.1. The average Bonchev–Trinajstić information content (AvgIpc) is 3.53. The predicted molar refractivity (Wildman–Crippen MR) is 169 cm³/mol. The van der Waals surface area contributed by atoms with Gasteiger partial charge in [0.1, 0.15) is 19.0 Å². The molecule has 1 aromatic heterocycles. The first-order valence-corrected chi connectivity index (χ1v) is 14.8. The Morgan fingerprint density at radius 3 is 2.29 bits per heavy atom. The van der Waals surface area contributed by atoms with E-state index in [1.807, 2.05) is 30.3 Å². The van der Waals surface area contributed by atoms with Gasteiger partial charge in [-0.05, 0) is 49.8 Å². The van der Waals surface area contributed by atoms with Crippen LogP contribution in [0.1, 0.15) is 34.6 Å². The highest BCUT2D eigenvalue weighted by Gasteiger charge is 2.36. The summed E-state index contributed by atoms with van der Waals surface area (Å²) >= 11 is 1.35. The van der Waals surface area contributed by atoms with Crippen molar-refractivity contribution in [2.24, 2.45) is 10.2 Å². The number of anilines is 2. The van der Waals surface area contributed by atoms with E-state index < -0.39 is 0 Å². The molecule has 0 bridgehead atoms. The fraction of sp³-hybridized carbons (Fsp3) is 0.312. The van der Waals surface area contributed by atoms with Crippen LogP contribution in [0.5, 0.6) is 0 Å². The number of thiazole rings is 1. The Kier molecular flexibility index (Phi) is 8.30. The highest BCUT2D eigenvalue weighted by Crippen LogP contribution is 2.43. The minimum atomic E-state index is -0.197. The number of nitrogens with zero attached hydrogens (tertiary/aromatic N) is 8. The summed E-state index contributed by atoms with van der Waals surface area (Å²) in [6.07, 6.45) is 1.79. The van der Waals surface area contributed by atoms with Crippen molar-refractivity contribution in [3.8, 4) is 0 Å². The lowest BCUT2D eigenvalue weighted by Gasteiger charge is -2.39. The molecule has 2 aliphatic rings. The zero-order chi connectivity index (χ0) is 29.9. The molecule has 1 saturated heterocycles. The van der Waals surface area contributed by atoms with E-state index in [0.29, 0.717) is 27.4 Å². The predicted octanol–water partition coefficient (Wildman–Crippen LogP) is 7.09. The third-order valence-corrected chi connectivity index (χ3v) is 8.64. The lowest BCUT2D eigenvalue weighted by molar-refractivity contribution is -0.890. The van der Waals surface area contributed by atoms with Crippen LogP contribution in [0.4, 0.5) is 22.3 Å². The molecule has 0 unspecified atom stereocenters. The summed E-state index contributed by atoms with van der Waals surface area (Å²) in [4.78, 5) is 30.6. The van der Waals surface area contributed by atoms with Crippen molar-refractivity contribution in [1.82, 2.24) is 4.98 Å². The van der Waals surface area contributed by atoms with Crippen molar-refractivity contribution in [2.75, 3.05) is 63.2 Å². The lowest BCUT2D eigenvalue weighted by atomic mass is 10.0. The van der Waals surface area contributed by atoms with Crippen LogP contribution in [0, 0.1) is 13.1 Å². The van der Waals surface area contributed by atoms with E-state index in [-0.39, 0.29) is 11.6 Å². The van der Waals surface area contributed by atoms with E-state index in [0.717, 1.165) is 65.8 Å². The maximum absolute atomic E-state index is 13.6. The number of fused-ring (bicyclic) bond motifs is 1. The van der Waals surface area contributed by atoms with Crippen molar-refractivity contribution in [3.63, 3.8) is 0 Å². The Morgan fingerprint density at radius 1 is 1.02 bits per heavy atom. The van der Waals surface area contributed by atoms with Gasteiger partial charge in [0, 0.05) is 29.9 Å². The SMILES string of the molecule is [C-]#[N+]C([N+]#[C-])=C1/C(=C/c2sc(N=Nc3ccc(N(CC)CC)cc3)nc2N2CC[N+](C)(C)CC2)C(=O)c2ccccc21. The van der Waals surface area contributed by atoms with E-state index in [1.165, 1.54) is 11.3 Å². The first-order valence-electron chi connectivity index (χ1n) is 14.0. The number of ketones is 1. The van der Waals surface area contributed by atoms with Gasteiger partial charge in [-0.15, -0.1) is 10.2 Å². The van der Waals surface area contributed by atoms with E-state index in [2.05, 4.69) is 57.7 Å². The zero-order valence-corrected chi connectivity index (χ0v) is 25.1. The molecule has 2 heterocycles. The van der Waals surface area contributed by atoms with Crippen molar-refractivity contribution in [1.29, 1.82) is 0 Å². The van der Waals surface area contributed by atoms with Crippen LogP contribution in [-0.4, -0.2) is 68.6 Å². The molecule has 0 atom stereocenters. The van der Waals surface area contributed by atoms with Crippen LogP contribution in [0.15, 0.2) is 70.2 Å². The standard InChI is InChI=1S/C32H33N8OS/c1-7-38(8-2)23-15-13-22(14-16-23)36-37-32-35-31(39-17-19-40(5,6)20-18-39)27(42-32)21-26-28(30(33-3)34-4)24-11-9-10-12-25(24)29(26)41/h9-16,21H,7-8,17-20H2,1-2,5-6H3/q+1/b26-21-,37-36?. The van der Waals surface area contributed by atoms with Gasteiger partial charge in [-0.3, -0.25) is 4.79 Å². The number of benzene rings is 2. The average molecular weight is 578 g/mol. The molecule has 0 radical (unpaired) electrons. The molecular formula is C32H33N8OS+. The van der Waals surface area contributed by atoms with E-state index in [9.17, 15) is 4.79 Å². The number of hydrogen-bond acceptors (Lipinski definition) is 7. The summed E-state index contributed by atoms with van der Waals surface area (Å²) in [6.45, 7) is 24.9. The van der Waals surface area contributed by atoms with E-state index >= 15 is 0 Å². The topological polar surface area (TPSA) is 69.9 Å². The fourth-order valence-corrected chi connectivity index (χ4v) is 6.12. The summed E-state index contributed by atoms with van der Waals surface area (Å²) in [5.74, 6) is 0.432. The number of carbonyl (C=O) groups is 1. The molecule has 10 heteroatoms. The summed E-state index contributed by atoms with van der Waals surface area (Å²) in [5.41, 5.74) is 3.70. The zero-order valence-electron chi connectivity index (χ0n) is 24.3. The highest BCUT2D eigenvalue weighted by atomic mass is 32.1. The molecule has 0 saturated carbocycles. The number of aromatic nitrogens is 1. The number of azo groups is 1. The maximum Gasteiger partial charge on any atom is 0.528 e.